The van der Waals surface area contributed by atoms with Gasteiger partial charge < -0.3 is 4.74 Å². The van der Waals surface area contributed by atoms with E-state index in [-0.39, 0.29) is 0 Å². The number of rotatable bonds is 4. The third kappa shape index (κ3) is 3.44. The summed E-state index contributed by atoms with van der Waals surface area (Å²) in [5.74, 6) is 1.49. The molecular formula is C18H26ClNO. The highest BCUT2D eigenvalue weighted by molar-refractivity contribution is 6.30. The standard InChI is InChI=1S/C18H26ClNO/c1-2-18(20-10-12-21-13-11-20)17-5-3-4-16(17)14-6-8-15(19)9-7-14/h6-9,16-18H,2-5,10-13H2,1H3. The van der Waals surface area contributed by atoms with Gasteiger partial charge in [0.15, 0.2) is 0 Å². The second-order valence-corrected chi connectivity index (χ2v) is 6.81. The van der Waals surface area contributed by atoms with Gasteiger partial charge in [-0.1, -0.05) is 37.1 Å². The minimum atomic E-state index is 0.704. The Morgan fingerprint density at radius 2 is 1.90 bits per heavy atom. The summed E-state index contributed by atoms with van der Waals surface area (Å²) in [7, 11) is 0. The van der Waals surface area contributed by atoms with Gasteiger partial charge in [0.2, 0.25) is 0 Å². The van der Waals surface area contributed by atoms with Gasteiger partial charge in [0.25, 0.3) is 0 Å². The Labute approximate surface area is 133 Å². The molecule has 1 saturated carbocycles. The second-order valence-electron chi connectivity index (χ2n) is 6.38. The van der Waals surface area contributed by atoms with Crippen LogP contribution in [0, 0.1) is 5.92 Å². The normalized spacial score (nSPS) is 28.7. The van der Waals surface area contributed by atoms with Gasteiger partial charge in [0.1, 0.15) is 0 Å². The van der Waals surface area contributed by atoms with Gasteiger partial charge in [0, 0.05) is 24.2 Å². The molecule has 1 aliphatic carbocycles. The lowest BCUT2D eigenvalue weighted by molar-refractivity contribution is 0.000166. The van der Waals surface area contributed by atoms with Crippen LogP contribution >= 0.6 is 11.6 Å². The summed E-state index contributed by atoms with van der Waals surface area (Å²) in [6.45, 7) is 6.34. The van der Waals surface area contributed by atoms with Gasteiger partial charge in [-0.15, -0.1) is 0 Å². The molecule has 3 unspecified atom stereocenters. The molecule has 3 rings (SSSR count). The van der Waals surface area contributed by atoms with Crippen LogP contribution < -0.4 is 0 Å². The maximum Gasteiger partial charge on any atom is 0.0594 e. The third-order valence-electron chi connectivity index (χ3n) is 5.29. The van der Waals surface area contributed by atoms with E-state index in [1.165, 1.54) is 31.2 Å². The fourth-order valence-corrected chi connectivity index (χ4v) is 4.44. The molecule has 0 spiro atoms. The number of morpholine rings is 1. The van der Waals surface area contributed by atoms with E-state index in [2.05, 4.69) is 24.0 Å². The topological polar surface area (TPSA) is 12.5 Å². The van der Waals surface area contributed by atoms with Crippen molar-refractivity contribution in [2.75, 3.05) is 26.3 Å². The van der Waals surface area contributed by atoms with Crippen molar-refractivity contribution < 1.29 is 4.74 Å². The molecule has 116 valence electrons. The molecule has 0 radical (unpaired) electrons. The summed E-state index contributed by atoms with van der Waals surface area (Å²) >= 11 is 6.04. The van der Waals surface area contributed by atoms with E-state index in [1.807, 2.05) is 12.1 Å². The zero-order valence-electron chi connectivity index (χ0n) is 12.9. The first-order valence-corrected chi connectivity index (χ1v) is 8.74. The second kappa shape index (κ2) is 7.13. The Morgan fingerprint density at radius 1 is 1.19 bits per heavy atom. The van der Waals surface area contributed by atoms with Gasteiger partial charge in [-0.3, -0.25) is 4.90 Å². The zero-order chi connectivity index (χ0) is 14.7. The highest BCUT2D eigenvalue weighted by Gasteiger charge is 2.36. The van der Waals surface area contributed by atoms with E-state index in [0.29, 0.717) is 12.0 Å². The Kier molecular flexibility index (Phi) is 5.20. The van der Waals surface area contributed by atoms with E-state index in [1.54, 1.807) is 0 Å². The molecule has 0 bridgehead atoms. The van der Waals surface area contributed by atoms with E-state index >= 15 is 0 Å². The van der Waals surface area contributed by atoms with Crippen LogP contribution in [0.3, 0.4) is 0 Å². The first-order chi connectivity index (χ1) is 10.3. The van der Waals surface area contributed by atoms with Crippen LogP contribution in [0.2, 0.25) is 5.02 Å². The summed E-state index contributed by atoms with van der Waals surface area (Å²) in [6.07, 6.45) is 5.30. The van der Waals surface area contributed by atoms with Crippen molar-refractivity contribution in [2.24, 2.45) is 5.92 Å². The molecule has 1 aromatic rings. The first-order valence-electron chi connectivity index (χ1n) is 8.37. The van der Waals surface area contributed by atoms with Crippen molar-refractivity contribution in [3.05, 3.63) is 34.9 Å². The van der Waals surface area contributed by atoms with E-state index in [0.717, 1.165) is 37.2 Å². The molecule has 2 aliphatic rings. The molecule has 1 saturated heterocycles. The Balaban J connectivity index is 1.76. The maximum atomic E-state index is 6.04. The molecule has 0 N–H and O–H groups in total. The highest BCUT2D eigenvalue weighted by atomic mass is 35.5. The van der Waals surface area contributed by atoms with Crippen LogP contribution in [-0.4, -0.2) is 37.2 Å². The van der Waals surface area contributed by atoms with Crippen LogP contribution in [0.5, 0.6) is 0 Å². The summed E-state index contributed by atoms with van der Waals surface area (Å²) < 4.78 is 5.53. The highest BCUT2D eigenvalue weighted by Crippen LogP contribution is 2.43. The van der Waals surface area contributed by atoms with Crippen molar-refractivity contribution in [1.82, 2.24) is 4.90 Å². The number of benzene rings is 1. The lowest BCUT2D eigenvalue weighted by atomic mass is 9.82. The minimum absolute atomic E-state index is 0.704. The molecule has 2 nitrogen and oxygen atoms in total. The molecule has 3 heteroatoms. The number of hydrogen-bond donors (Lipinski definition) is 0. The third-order valence-corrected chi connectivity index (χ3v) is 5.55. The SMILES string of the molecule is CCC(C1CCCC1c1ccc(Cl)cc1)N1CCOCC1. The van der Waals surface area contributed by atoms with Gasteiger partial charge in [-0.05, 0) is 48.8 Å². The molecular weight excluding hydrogens is 282 g/mol. The first kappa shape index (κ1) is 15.3. The summed E-state index contributed by atoms with van der Waals surface area (Å²) in [5.41, 5.74) is 1.48. The molecule has 1 heterocycles. The van der Waals surface area contributed by atoms with Crippen LogP contribution in [0.4, 0.5) is 0 Å². The summed E-state index contributed by atoms with van der Waals surface area (Å²) in [4.78, 5) is 2.67. The van der Waals surface area contributed by atoms with Gasteiger partial charge in [0.05, 0.1) is 13.2 Å². The van der Waals surface area contributed by atoms with Crippen LogP contribution in [0.1, 0.15) is 44.1 Å². The minimum Gasteiger partial charge on any atom is -0.379 e. The number of hydrogen-bond acceptors (Lipinski definition) is 2. The average Bonchev–Trinajstić information content (AvgIpc) is 2.99. The predicted molar refractivity (Wildman–Crippen MR) is 88.0 cm³/mol. The molecule has 3 atom stereocenters. The number of ether oxygens (including phenoxy) is 1. The molecule has 0 amide bonds. The quantitative estimate of drug-likeness (QED) is 0.820. The summed E-state index contributed by atoms with van der Waals surface area (Å²) in [6, 6.07) is 9.26. The number of nitrogens with zero attached hydrogens (tertiary/aromatic N) is 1. The van der Waals surface area contributed by atoms with E-state index in [9.17, 15) is 0 Å². The van der Waals surface area contributed by atoms with Gasteiger partial charge in [-0.2, -0.15) is 0 Å². The molecule has 1 aromatic carbocycles. The lowest BCUT2D eigenvalue weighted by Gasteiger charge is -2.39. The monoisotopic (exact) mass is 307 g/mol. The maximum absolute atomic E-state index is 6.04. The van der Waals surface area contributed by atoms with Crippen LogP contribution in [0.25, 0.3) is 0 Å². The number of halogens is 1. The van der Waals surface area contributed by atoms with E-state index < -0.39 is 0 Å². The lowest BCUT2D eigenvalue weighted by Crippen LogP contribution is -2.47. The van der Waals surface area contributed by atoms with Crippen molar-refractivity contribution in [2.45, 2.75) is 44.6 Å². The Morgan fingerprint density at radius 3 is 2.57 bits per heavy atom. The zero-order valence-corrected chi connectivity index (χ0v) is 13.7. The molecule has 21 heavy (non-hydrogen) atoms. The Bertz CT molecular complexity index is 441. The van der Waals surface area contributed by atoms with Crippen molar-refractivity contribution in [3.63, 3.8) is 0 Å². The van der Waals surface area contributed by atoms with Gasteiger partial charge in [-0.25, -0.2) is 0 Å². The summed E-state index contributed by atoms with van der Waals surface area (Å²) in [5, 5.41) is 0.841. The Hall–Kier alpha value is -0.570. The van der Waals surface area contributed by atoms with Crippen molar-refractivity contribution >= 4 is 11.6 Å². The molecule has 1 aliphatic heterocycles. The van der Waals surface area contributed by atoms with Crippen molar-refractivity contribution in [3.8, 4) is 0 Å². The fourth-order valence-electron chi connectivity index (χ4n) is 4.31. The van der Waals surface area contributed by atoms with Crippen LogP contribution in [0.15, 0.2) is 24.3 Å². The van der Waals surface area contributed by atoms with Crippen LogP contribution in [-0.2, 0) is 4.74 Å². The fraction of sp³-hybridized carbons (Fsp3) is 0.667. The van der Waals surface area contributed by atoms with E-state index in [4.69, 9.17) is 16.3 Å². The van der Waals surface area contributed by atoms with Crippen molar-refractivity contribution in [1.29, 1.82) is 0 Å². The molecule has 2 fully saturated rings. The smallest absolute Gasteiger partial charge is 0.0594 e. The van der Waals surface area contributed by atoms with Gasteiger partial charge >= 0.3 is 0 Å². The molecule has 0 aromatic heterocycles. The largest absolute Gasteiger partial charge is 0.379 e. The predicted octanol–water partition coefficient (Wildman–Crippen LogP) is 4.33. The average molecular weight is 308 g/mol.